The molecule has 2 aromatic carbocycles. The fourth-order valence-electron chi connectivity index (χ4n) is 2.85. The van der Waals surface area contributed by atoms with Gasteiger partial charge >= 0.3 is 11.9 Å². The summed E-state index contributed by atoms with van der Waals surface area (Å²) in [6.45, 7) is 0.0339. The topological polar surface area (TPSA) is 143 Å². The van der Waals surface area contributed by atoms with Gasteiger partial charge < -0.3 is 25.7 Å². The molecule has 8 nitrogen and oxygen atoms in total. The quantitative estimate of drug-likeness (QED) is 0.467. The molecule has 1 aromatic heterocycles. The summed E-state index contributed by atoms with van der Waals surface area (Å²) in [5.74, 6) is -4.84. The lowest BCUT2D eigenvalue weighted by atomic mass is 9.95. The van der Waals surface area contributed by atoms with E-state index in [4.69, 9.17) is 22.1 Å². The second kappa shape index (κ2) is 8.26. The van der Waals surface area contributed by atoms with Crippen LogP contribution >= 0.6 is 11.6 Å². The van der Waals surface area contributed by atoms with Crippen molar-refractivity contribution in [2.24, 2.45) is 0 Å². The minimum absolute atomic E-state index is 0.0339. The molecule has 0 bridgehead atoms. The first-order chi connectivity index (χ1) is 14.2. The molecule has 1 heterocycles. The molecule has 3 rings (SSSR count). The van der Waals surface area contributed by atoms with Crippen LogP contribution in [0.1, 0.15) is 26.3 Å². The zero-order valence-electron chi connectivity index (χ0n) is 15.1. The molecular weight excluding hydrogens is 419 g/mol. The fraction of sp³-hybridized carbons (Fsp3) is 0.0500. The van der Waals surface area contributed by atoms with E-state index in [9.17, 15) is 29.0 Å². The second-order valence-electron chi connectivity index (χ2n) is 6.16. The van der Waals surface area contributed by atoms with E-state index in [1.54, 1.807) is 24.3 Å². The Labute approximate surface area is 173 Å². The second-order valence-corrected chi connectivity index (χ2v) is 6.60. The van der Waals surface area contributed by atoms with Crippen molar-refractivity contribution in [3.8, 4) is 16.9 Å². The van der Waals surface area contributed by atoms with Crippen molar-refractivity contribution in [1.82, 2.24) is 4.98 Å². The van der Waals surface area contributed by atoms with Gasteiger partial charge in [-0.15, -0.1) is 0 Å². The Bertz CT molecular complexity index is 1210. The number of carbonyl (C=O) groups is 2. The van der Waals surface area contributed by atoms with Gasteiger partial charge in [-0.3, -0.25) is 4.79 Å². The summed E-state index contributed by atoms with van der Waals surface area (Å²) >= 11 is 5.80. The molecule has 30 heavy (non-hydrogen) atoms. The third-order valence-electron chi connectivity index (χ3n) is 4.20. The SMILES string of the molecule is Nc1[nH]c(=O)c(C(=O)O)c(-c2ccc(OCc3ccc(Cl)cc3)c(F)c2)c1C(=O)O. The molecule has 0 aliphatic rings. The number of hydrogen-bond acceptors (Lipinski definition) is 5. The molecule has 0 amide bonds. The van der Waals surface area contributed by atoms with E-state index in [-0.39, 0.29) is 17.9 Å². The summed E-state index contributed by atoms with van der Waals surface area (Å²) in [7, 11) is 0. The Kier molecular flexibility index (Phi) is 5.74. The number of halogens is 2. The summed E-state index contributed by atoms with van der Waals surface area (Å²) in [4.78, 5) is 37.2. The highest BCUT2D eigenvalue weighted by atomic mass is 35.5. The molecule has 0 saturated carbocycles. The van der Waals surface area contributed by atoms with Crippen molar-refractivity contribution in [3.05, 3.63) is 80.3 Å². The molecule has 0 fully saturated rings. The summed E-state index contributed by atoms with van der Waals surface area (Å²) in [6, 6.07) is 10.0. The summed E-state index contributed by atoms with van der Waals surface area (Å²) < 4.78 is 20.0. The van der Waals surface area contributed by atoms with Gasteiger partial charge in [0.1, 0.15) is 23.6 Å². The number of rotatable bonds is 6. The Balaban J connectivity index is 2.04. The molecule has 5 N–H and O–H groups in total. The van der Waals surface area contributed by atoms with Crippen LogP contribution in [-0.4, -0.2) is 27.1 Å². The first-order valence-corrected chi connectivity index (χ1v) is 8.76. The van der Waals surface area contributed by atoms with E-state index in [0.29, 0.717) is 5.02 Å². The van der Waals surface area contributed by atoms with Crippen molar-refractivity contribution < 1.29 is 28.9 Å². The standard InChI is InChI=1S/C20H14ClFN2O6/c21-11-4-1-9(2-5-11)8-30-13-6-3-10(7-12(13)22)14-15(19(26)27)17(23)24-18(25)16(14)20(28)29/h1-7H,8H2,(H,26,27)(H,28,29)(H3,23,24,25). The van der Waals surface area contributed by atoms with Crippen LogP contribution in [0.5, 0.6) is 5.75 Å². The van der Waals surface area contributed by atoms with Gasteiger partial charge in [0.25, 0.3) is 5.56 Å². The lowest BCUT2D eigenvalue weighted by molar-refractivity contribution is 0.0695. The number of nitrogen functional groups attached to an aromatic ring is 1. The third kappa shape index (κ3) is 4.11. The summed E-state index contributed by atoms with van der Waals surface area (Å²) in [6.07, 6.45) is 0. The normalized spacial score (nSPS) is 10.6. The number of hydrogen-bond donors (Lipinski definition) is 4. The predicted octanol–water partition coefficient (Wildman–Crippen LogP) is 3.39. The summed E-state index contributed by atoms with van der Waals surface area (Å²) in [5, 5.41) is 19.3. The van der Waals surface area contributed by atoms with E-state index in [2.05, 4.69) is 0 Å². The zero-order chi connectivity index (χ0) is 22.0. The minimum Gasteiger partial charge on any atom is -0.486 e. The zero-order valence-corrected chi connectivity index (χ0v) is 15.9. The highest BCUT2D eigenvalue weighted by Crippen LogP contribution is 2.32. The van der Waals surface area contributed by atoms with Crippen LogP contribution in [0.3, 0.4) is 0 Å². The molecule has 0 aliphatic carbocycles. The Morgan fingerprint density at radius 1 is 1.07 bits per heavy atom. The van der Waals surface area contributed by atoms with E-state index in [0.717, 1.165) is 11.6 Å². The Morgan fingerprint density at radius 3 is 2.27 bits per heavy atom. The van der Waals surface area contributed by atoms with Crippen LogP contribution in [0.25, 0.3) is 11.1 Å². The number of ether oxygens (including phenoxy) is 1. The van der Waals surface area contributed by atoms with Gasteiger partial charge in [-0.25, -0.2) is 14.0 Å². The number of benzene rings is 2. The maximum atomic E-state index is 14.6. The number of nitrogens with two attached hydrogens (primary N) is 1. The monoisotopic (exact) mass is 432 g/mol. The summed E-state index contributed by atoms with van der Waals surface area (Å²) in [5.41, 5.74) is 3.01. The van der Waals surface area contributed by atoms with E-state index >= 15 is 0 Å². The minimum atomic E-state index is -1.68. The predicted molar refractivity (Wildman–Crippen MR) is 107 cm³/mol. The number of aromatic nitrogens is 1. The number of nitrogens with one attached hydrogen (secondary N) is 1. The highest BCUT2D eigenvalue weighted by molar-refractivity contribution is 6.30. The fourth-order valence-corrected chi connectivity index (χ4v) is 2.98. The smallest absolute Gasteiger partial charge is 0.342 e. The first kappa shape index (κ1) is 20.9. The number of pyridine rings is 1. The molecular formula is C20H14ClFN2O6. The first-order valence-electron chi connectivity index (χ1n) is 8.38. The molecule has 154 valence electrons. The molecule has 0 unspecified atom stereocenters. The van der Waals surface area contributed by atoms with Gasteiger partial charge in [-0.1, -0.05) is 29.8 Å². The Morgan fingerprint density at radius 2 is 1.70 bits per heavy atom. The number of anilines is 1. The molecule has 0 radical (unpaired) electrons. The van der Waals surface area contributed by atoms with Gasteiger partial charge in [0.15, 0.2) is 11.6 Å². The molecule has 3 aromatic rings. The maximum Gasteiger partial charge on any atom is 0.342 e. The van der Waals surface area contributed by atoms with Crippen molar-refractivity contribution in [2.45, 2.75) is 6.61 Å². The van der Waals surface area contributed by atoms with Crippen molar-refractivity contribution in [3.63, 3.8) is 0 Å². The Hall–Kier alpha value is -3.85. The lowest BCUT2D eigenvalue weighted by Crippen LogP contribution is -2.24. The van der Waals surface area contributed by atoms with Crippen molar-refractivity contribution in [2.75, 3.05) is 5.73 Å². The molecule has 0 saturated heterocycles. The van der Waals surface area contributed by atoms with Gasteiger partial charge in [0.05, 0.1) is 0 Å². The molecule has 0 atom stereocenters. The van der Waals surface area contributed by atoms with Crippen molar-refractivity contribution in [1.29, 1.82) is 0 Å². The van der Waals surface area contributed by atoms with Crippen LogP contribution < -0.4 is 16.0 Å². The van der Waals surface area contributed by atoms with Gasteiger partial charge in [0.2, 0.25) is 0 Å². The molecule has 0 aliphatic heterocycles. The van der Waals surface area contributed by atoms with Gasteiger partial charge in [-0.05, 0) is 35.4 Å². The average molecular weight is 433 g/mol. The largest absolute Gasteiger partial charge is 0.486 e. The molecule has 10 heteroatoms. The highest BCUT2D eigenvalue weighted by Gasteiger charge is 2.27. The van der Waals surface area contributed by atoms with Gasteiger partial charge in [0, 0.05) is 10.6 Å². The van der Waals surface area contributed by atoms with Crippen molar-refractivity contribution >= 4 is 29.4 Å². The van der Waals surface area contributed by atoms with E-state index in [1.807, 2.05) is 4.98 Å². The van der Waals surface area contributed by atoms with E-state index in [1.165, 1.54) is 12.1 Å². The number of H-pyrrole nitrogens is 1. The van der Waals surface area contributed by atoms with E-state index < -0.39 is 45.8 Å². The van der Waals surface area contributed by atoms with Crippen LogP contribution in [0, 0.1) is 5.82 Å². The number of carboxylic acid groups (broad SMARTS) is 2. The maximum absolute atomic E-state index is 14.6. The van der Waals surface area contributed by atoms with Gasteiger partial charge in [-0.2, -0.15) is 0 Å². The van der Waals surface area contributed by atoms with Crippen LogP contribution in [0.15, 0.2) is 47.3 Å². The number of aromatic carboxylic acids is 2. The number of carboxylic acids is 2. The van der Waals surface area contributed by atoms with Crippen LogP contribution in [0.2, 0.25) is 5.02 Å². The molecule has 0 spiro atoms. The average Bonchev–Trinajstić information content (AvgIpc) is 2.67. The third-order valence-corrected chi connectivity index (χ3v) is 4.45. The number of aromatic amines is 1. The van der Waals surface area contributed by atoms with Crippen LogP contribution in [-0.2, 0) is 6.61 Å². The lowest BCUT2D eigenvalue weighted by Gasteiger charge is -2.13. The van der Waals surface area contributed by atoms with Crippen LogP contribution in [0.4, 0.5) is 10.2 Å².